The Morgan fingerprint density at radius 3 is 2.13 bits per heavy atom. The Morgan fingerprint density at radius 1 is 1.11 bits per heavy atom. The number of alkyl halides is 4. The zero-order valence-corrected chi connectivity index (χ0v) is 21.0. The predicted molar refractivity (Wildman–Crippen MR) is 126 cm³/mol. The molecule has 1 aromatic heterocycles. The Hall–Kier alpha value is -2.62. The van der Waals surface area contributed by atoms with Crippen LogP contribution in [0.2, 0.25) is 0 Å². The van der Waals surface area contributed by atoms with E-state index in [1.165, 1.54) is 0 Å². The summed E-state index contributed by atoms with van der Waals surface area (Å²) in [5, 5.41) is 2.60. The zero-order valence-electron chi connectivity index (χ0n) is 19.4. The monoisotopic (exact) mass is 590 g/mol. The first-order valence-corrected chi connectivity index (χ1v) is 13.5. The normalized spacial score (nSPS) is 26.5. The molecule has 208 valence electrons. The minimum atomic E-state index is -10.1. The number of nitrogens with one attached hydrogen (secondary N) is 1. The van der Waals surface area contributed by atoms with Crippen molar-refractivity contribution >= 4 is 47.2 Å². The molecule has 4 rings (SSSR count). The van der Waals surface area contributed by atoms with E-state index in [9.17, 15) is 42.2 Å². The molecule has 2 bridgehead atoms. The summed E-state index contributed by atoms with van der Waals surface area (Å²) in [5.41, 5.74) is -5.82. The van der Waals surface area contributed by atoms with Gasteiger partial charge in [0.1, 0.15) is 16.7 Å². The van der Waals surface area contributed by atoms with Gasteiger partial charge in [-0.15, -0.1) is 0 Å². The summed E-state index contributed by atoms with van der Waals surface area (Å²) >= 11 is 5.37. The van der Waals surface area contributed by atoms with Crippen LogP contribution in [0.1, 0.15) is 24.8 Å². The Bertz CT molecular complexity index is 1260. The fourth-order valence-electron chi connectivity index (χ4n) is 5.17. The Morgan fingerprint density at radius 2 is 1.68 bits per heavy atom. The number of halogens is 9. The summed E-state index contributed by atoms with van der Waals surface area (Å²) in [4.78, 5) is 32.4. The van der Waals surface area contributed by atoms with Gasteiger partial charge in [-0.3, -0.25) is 14.5 Å². The van der Waals surface area contributed by atoms with E-state index in [1.807, 2.05) is 0 Å². The summed E-state index contributed by atoms with van der Waals surface area (Å²) in [6.45, 7) is 0. The van der Waals surface area contributed by atoms with E-state index in [1.54, 1.807) is 0 Å². The lowest BCUT2D eigenvalue weighted by Crippen LogP contribution is -2.62. The molecule has 2 saturated carbocycles. The quantitative estimate of drug-likeness (QED) is 0.279. The number of rotatable bonds is 7. The van der Waals surface area contributed by atoms with Crippen LogP contribution in [0.15, 0.2) is 47.9 Å². The molecule has 2 amide bonds. The van der Waals surface area contributed by atoms with Crippen molar-refractivity contribution in [3.05, 3.63) is 48.5 Å². The number of hydrogen-bond acceptors (Lipinski definition) is 4. The van der Waals surface area contributed by atoms with Gasteiger partial charge in [-0.2, -0.15) is 0 Å². The van der Waals surface area contributed by atoms with Gasteiger partial charge in [-0.1, -0.05) is 31.0 Å². The first-order chi connectivity index (χ1) is 17.2. The molecule has 38 heavy (non-hydrogen) atoms. The highest BCUT2D eigenvalue weighted by Gasteiger charge is 2.65. The van der Waals surface area contributed by atoms with Crippen LogP contribution in [-0.4, -0.2) is 47.2 Å². The van der Waals surface area contributed by atoms with Gasteiger partial charge in [0.15, 0.2) is 7.85 Å². The van der Waals surface area contributed by atoms with Crippen LogP contribution in [-0.2, 0) is 15.0 Å². The van der Waals surface area contributed by atoms with Crippen molar-refractivity contribution in [2.75, 3.05) is 4.90 Å². The van der Waals surface area contributed by atoms with E-state index in [0.29, 0.717) is 17.0 Å². The van der Waals surface area contributed by atoms with Gasteiger partial charge in [0.05, 0.1) is 0 Å². The predicted octanol–water partition coefficient (Wildman–Crippen LogP) is 5.04. The molecule has 6 nitrogen and oxygen atoms in total. The van der Waals surface area contributed by atoms with Gasteiger partial charge >= 0.3 is 10.2 Å². The third-order valence-corrected chi connectivity index (χ3v) is 8.45. The number of benzene rings is 1. The fourth-order valence-corrected chi connectivity index (χ4v) is 5.91. The molecule has 2 fully saturated rings. The fraction of sp³-hybridized carbons (Fsp3) is 0.429. The van der Waals surface area contributed by atoms with Crippen molar-refractivity contribution in [1.82, 2.24) is 15.3 Å². The molecule has 0 radical (unpaired) electrons. The van der Waals surface area contributed by atoms with E-state index in [2.05, 4.69) is 15.3 Å². The highest BCUT2D eigenvalue weighted by Crippen LogP contribution is 3.02. The highest BCUT2D eigenvalue weighted by atomic mass is 35.5. The van der Waals surface area contributed by atoms with Crippen LogP contribution < -0.4 is 10.2 Å². The number of carbonyl (C=O) groups excluding carboxylic acids is 2. The van der Waals surface area contributed by atoms with E-state index >= 15 is 0 Å². The molecule has 0 aliphatic heterocycles. The Kier molecular flexibility index (Phi) is 6.31. The largest absolute Gasteiger partial charge is 0.351 e. The van der Waals surface area contributed by atoms with Gasteiger partial charge in [0, 0.05) is 42.0 Å². The van der Waals surface area contributed by atoms with Gasteiger partial charge < -0.3 is 5.32 Å². The SMILES string of the molecule is B[C@@](C(=O)N[C@H]1CC2CC1CC2(F)F)(c1cncnc1)N(C(=O)[C@H](F)Cl)c1ccc(S(F)(F)(F)(F)F)cc1. The molecule has 1 heterocycles. The lowest BCUT2D eigenvalue weighted by atomic mass is 9.69. The molecular formula is C21H20BClF8N4O2S. The van der Waals surface area contributed by atoms with Gasteiger partial charge in [0.25, 0.3) is 17.5 Å². The van der Waals surface area contributed by atoms with Crippen LogP contribution in [0.5, 0.6) is 0 Å². The van der Waals surface area contributed by atoms with Crippen molar-refractivity contribution in [2.24, 2.45) is 11.8 Å². The summed E-state index contributed by atoms with van der Waals surface area (Å²) in [6.07, 6.45) is 2.82. The maximum absolute atomic E-state index is 14.2. The Labute approximate surface area is 217 Å². The summed E-state index contributed by atoms with van der Waals surface area (Å²) in [6, 6.07) is 0.198. The molecule has 2 unspecified atom stereocenters. The average molecular weight is 591 g/mol. The zero-order chi connectivity index (χ0) is 28.4. The average Bonchev–Trinajstić information content (AvgIpc) is 3.34. The van der Waals surface area contributed by atoms with E-state index < -0.39 is 73.9 Å². The molecule has 1 aromatic carbocycles. The number of hydrogen-bond donors (Lipinski definition) is 1. The van der Waals surface area contributed by atoms with Crippen molar-refractivity contribution in [3.8, 4) is 0 Å². The topological polar surface area (TPSA) is 75.2 Å². The molecule has 2 aliphatic carbocycles. The van der Waals surface area contributed by atoms with Crippen LogP contribution in [0.25, 0.3) is 0 Å². The van der Waals surface area contributed by atoms with Crippen LogP contribution in [0.3, 0.4) is 0 Å². The minimum Gasteiger partial charge on any atom is -0.351 e. The number of nitrogens with zero attached hydrogens (tertiary/aromatic N) is 3. The van der Waals surface area contributed by atoms with E-state index in [4.69, 9.17) is 11.6 Å². The van der Waals surface area contributed by atoms with Crippen LogP contribution in [0, 0.1) is 11.8 Å². The number of carbonyl (C=O) groups is 2. The maximum atomic E-state index is 14.2. The van der Waals surface area contributed by atoms with Crippen LogP contribution in [0.4, 0.5) is 38.3 Å². The summed E-state index contributed by atoms with van der Waals surface area (Å²) in [7, 11) is -9.00. The second kappa shape index (κ2) is 8.44. The Balaban J connectivity index is 1.79. The van der Waals surface area contributed by atoms with Gasteiger partial charge in [-0.25, -0.2) is 23.1 Å². The van der Waals surface area contributed by atoms with Crippen molar-refractivity contribution in [3.63, 3.8) is 0 Å². The number of aromatic nitrogens is 2. The molecule has 0 spiro atoms. The van der Waals surface area contributed by atoms with E-state index in [-0.39, 0.29) is 30.5 Å². The third kappa shape index (κ3) is 5.16. The number of anilines is 1. The first-order valence-electron chi connectivity index (χ1n) is 11.1. The van der Waals surface area contributed by atoms with Crippen molar-refractivity contribution in [1.29, 1.82) is 0 Å². The van der Waals surface area contributed by atoms with Gasteiger partial charge in [0.2, 0.25) is 5.91 Å². The summed E-state index contributed by atoms with van der Waals surface area (Å²) in [5.74, 6) is -7.07. The molecule has 2 aliphatic rings. The van der Waals surface area contributed by atoms with Crippen molar-refractivity contribution < 1.29 is 42.2 Å². The molecule has 5 atom stereocenters. The maximum Gasteiger partial charge on any atom is 0.310 e. The van der Waals surface area contributed by atoms with Crippen molar-refractivity contribution in [2.45, 2.75) is 47.2 Å². The highest BCUT2D eigenvalue weighted by molar-refractivity contribution is 8.45. The second-order valence-corrected chi connectivity index (χ2v) is 12.4. The molecular weight excluding hydrogens is 571 g/mol. The molecule has 1 N–H and O–H groups in total. The third-order valence-electron chi connectivity index (χ3n) is 7.10. The lowest BCUT2D eigenvalue weighted by molar-refractivity contribution is -0.130. The summed E-state index contributed by atoms with van der Waals surface area (Å²) < 4.78 is 108. The van der Waals surface area contributed by atoms with Gasteiger partial charge in [-0.05, 0) is 43.0 Å². The molecule has 17 heteroatoms. The standard InChI is InChI=1S/C21H20BClF8N4O2S/c22-21(13-8-32-10-33-9-13,19(37)34-16-6-12-5-11(16)7-20(12,25)26)35(18(36)17(23)24)14-1-3-15(4-2-14)38(27,28,29,30)31/h1-4,8-12,16-17H,5-7,22H2,(H,34,37)/t11?,12?,16-,17-,21-/m0/s1. The minimum absolute atomic E-state index is 0.00350. The number of amides is 2. The first kappa shape index (κ1) is 28.4. The smallest absolute Gasteiger partial charge is 0.310 e. The lowest BCUT2D eigenvalue weighted by Gasteiger charge is -2.43. The molecule has 0 saturated heterocycles. The molecule has 2 aromatic rings. The van der Waals surface area contributed by atoms with E-state index in [0.717, 1.165) is 26.6 Å². The number of fused-ring (bicyclic) bond motifs is 2. The second-order valence-electron chi connectivity index (χ2n) is 9.61. The van der Waals surface area contributed by atoms with Crippen LogP contribution >= 0.6 is 21.8 Å².